The first-order valence-electron chi connectivity index (χ1n) is 6.03. The quantitative estimate of drug-likeness (QED) is 0.937. The van der Waals surface area contributed by atoms with E-state index < -0.39 is 12.7 Å². The number of aromatic nitrogens is 3. The number of halogens is 3. The highest BCUT2D eigenvalue weighted by Gasteiger charge is 2.30. The summed E-state index contributed by atoms with van der Waals surface area (Å²) in [6.07, 6.45) is -4.06. The van der Waals surface area contributed by atoms with E-state index in [1.807, 2.05) is 0 Å². The first kappa shape index (κ1) is 14.5. The molecule has 1 heterocycles. The van der Waals surface area contributed by atoms with Crippen LogP contribution in [0.15, 0.2) is 24.3 Å². The van der Waals surface area contributed by atoms with Crippen LogP contribution in [0.1, 0.15) is 22.8 Å². The molecule has 1 N–H and O–H groups in total. The average molecular weight is 285 g/mol. The molecule has 4 nitrogen and oxygen atoms in total. The highest BCUT2D eigenvalue weighted by molar-refractivity contribution is 5.24. The molecule has 1 aromatic carbocycles. The lowest BCUT2D eigenvalue weighted by Crippen LogP contribution is -2.20. The third-order valence-electron chi connectivity index (χ3n) is 2.75. The van der Waals surface area contributed by atoms with Gasteiger partial charge in [-0.2, -0.15) is 18.3 Å². The monoisotopic (exact) mass is 285 g/mol. The molecular formula is C13H14F3N3O. The summed E-state index contributed by atoms with van der Waals surface area (Å²) < 4.78 is 38.2. The molecule has 1 aromatic heterocycles. The van der Waals surface area contributed by atoms with E-state index in [1.165, 1.54) is 0 Å². The smallest absolute Gasteiger partial charge is 0.392 e. The van der Waals surface area contributed by atoms with Crippen LogP contribution in [0.25, 0.3) is 0 Å². The van der Waals surface area contributed by atoms with E-state index in [0.717, 1.165) is 15.8 Å². The molecule has 0 atom stereocenters. The maximum Gasteiger partial charge on any atom is 0.408 e. The van der Waals surface area contributed by atoms with Crippen LogP contribution < -0.4 is 0 Å². The summed E-state index contributed by atoms with van der Waals surface area (Å²) in [5.41, 5.74) is 1.57. The molecule has 0 saturated carbocycles. The summed E-state index contributed by atoms with van der Waals surface area (Å²) in [6, 6.07) is 6.97. The van der Waals surface area contributed by atoms with Crippen molar-refractivity contribution in [3.05, 3.63) is 47.0 Å². The van der Waals surface area contributed by atoms with E-state index in [1.54, 1.807) is 31.2 Å². The lowest BCUT2D eigenvalue weighted by atomic mass is 10.1. The number of rotatable bonds is 4. The predicted molar refractivity (Wildman–Crippen MR) is 66.0 cm³/mol. The Labute approximate surface area is 113 Å². The molecule has 108 valence electrons. The van der Waals surface area contributed by atoms with E-state index in [-0.39, 0.29) is 18.9 Å². The normalized spacial score (nSPS) is 11.8. The third kappa shape index (κ3) is 3.80. The van der Waals surface area contributed by atoms with E-state index in [2.05, 4.69) is 10.1 Å². The van der Waals surface area contributed by atoms with Crippen molar-refractivity contribution in [1.82, 2.24) is 14.8 Å². The first-order chi connectivity index (χ1) is 9.37. The number of aliphatic hydroxyl groups is 1. The minimum Gasteiger partial charge on any atom is -0.392 e. The van der Waals surface area contributed by atoms with Crippen molar-refractivity contribution in [3.63, 3.8) is 0 Å². The van der Waals surface area contributed by atoms with E-state index in [0.29, 0.717) is 5.82 Å². The summed E-state index contributed by atoms with van der Waals surface area (Å²) in [5, 5.41) is 12.7. The first-order valence-corrected chi connectivity index (χ1v) is 6.03. The Balaban J connectivity index is 2.19. The predicted octanol–water partition coefficient (Wildman–Crippen LogP) is 2.23. The summed E-state index contributed by atoms with van der Waals surface area (Å²) in [5.74, 6) is 0.591. The zero-order chi connectivity index (χ0) is 14.8. The van der Waals surface area contributed by atoms with Crippen LogP contribution in [0.3, 0.4) is 0 Å². The Morgan fingerprint density at radius 3 is 2.30 bits per heavy atom. The van der Waals surface area contributed by atoms with Gasteiger partial charge in [0.2, 0.25) is 0 Å². The topological polar surface area (TPSA) is 50.9 Å². The fourth-order valence-corrected chi connectivity index (χ4v) is 1.87. The van der Waals surface area contributed by atoms with Gasteiger partial charge in [-0.15, -0.1) is 0 Å². The molecule has 0 aliphatic heterocycles. The third-order valence-corrected chi connectivity index (χ3v) is 2.75. The number of hydrogen-bond acceptors (Lipinski definition) is 3. The highest BCUT2D eigenvalue weighted by atomic mass is 19.4. The van der Waals surface area contributed by atoms with Crippen molar-refractivity contribution in [2.45, 2.75) is 32.7 Å². The second-order valence-corrected chi connectivity index (χ2v) is 4.50. The molecule has 7 heteroatoms. The Kier molecular flexibility index (Phi) is 4.08. The Bertz CT molecular complexity index is 576. The van der Waals surface area contributed by atoms with Gasteiger partial charge in [0.25, 0.3) is 0 Å². The summed E-state index contributed by atoms with van der Waals surface area (Å²) >= 11 is 0. The van der Waals surface area contributed by atoms with Crippen LogP contribution in [-0.2, 0) is 19.6 Å². The second kappa shape index (κ2) is 5.62. The summed E-state index contributed by atoms with van der Waals surface area (Å²) in [4.78, 5) is 4.04. The molecule has 2 aromatic rings. The number of hydrogen-bond donors (Lipinski definition) is 1. The van der Waals surface area contributed by atoms with Crippen LogP contribution in [0, 0.1) is 6.92 Å². The average Bonchev–Trinajstić information content (AvgIpc) is 2.68. The minimum absolute atomic E-state index is 0.0658. The lowest BCUT2D eigenvalue weighted by Gasteiger charge is -2.09. The van der Waals surface area contributed by atoms with Gasteiger partial charge < -0.3 is 5.11 Å². The lowest BCUT2D eigenvalue weighted by molar-refractivity contribution is -0.143. The maximum atomic E-state index is 12.5. The molecule has 0 amide bonds. The number of benzene rings is 1. The van der Waals surface area contributed by atoms with Crippen LogP contribution in [0.2, 0.25) is 0 Å². The molecule has 0 radical (unpaired) electrons. The van der Waals surface area contributed by atoms with E-state index >= 15 is 0 Å². The molecule has 0 bridgehead atoms. The molecule has 0 unspecified atom stereocenters. The van der Waals surface area contributed by atoms with Crippen molar-refractivity contribution < 1.29 is 18.3 Å². The van der Waals surface area contributed by atoms with E-state index in [9.17, 15) is 13.2 Å². The van der Waals surface area contributed by atoms with E-state index in [4.69, 9.17) is 5.11 Å². The van der Waals surface area contributed by atoms with Gasteiger partial charge in [0, 0.05) is 6.42 Å². The Morgan fingerprint density at radius 1 is 1.15 bits per heavy atom. The van der Waals surface area contributed by atoms with Crippen molar-refractivity contribution in [2.75, 3.05) is 0 Å². The van der Waals surface area contributed by atoms with Gasteiger partial charge in [0.1, 0.15) is 18.2 Å². The van der Waals surface area contributed by atoms with Gasteiger partial charge in [-0.3, -0.25) is 0 Å². The van der Waals surface area contributed by atoms with Crippen LogP contribution in [0.5, 0.6) is 0 Å². The number of aliphatic hydroxyl groups excluding tert-OH is 1. The van der Waals surface area contributed by atoms with Crippen molar-refractivity contribution in [2.24, 2.45) is 0 Å². The molecule has 0 spiro atoms. The van der Waals surface area contributed by atoms with Gasteiger partial charge >= 0.3 is 6.18 Å². The van der Waals surface area contributed by atoms with Crippen LogP contribution in [-0.4, -0.2) is 26.0 Å². The minimum atomic E-state index is -4.32. The summed E-state index contributed by atoms with van der Waals surface area (Å²) in [6.45, 7) is 0.354. The van der Waals surface area contributed by atoms with Gasteiger partial charge in [-0.05, 0) is 18.1 Å². The van der Waals surface area contributed by atoms with Crippen LogP contribution in [0.4, 0.5) is 13.2 Å². The maximum absolute atomic E-state index is 12.5. The van der Waals surface area contributed by atoms with Crippen molar-refractivity contribution in [3.8, 4) is 0 Å². The number of aryl methyl sites for hydroxylation is 1. The SMILES string of the molecule is Cc1nc(Cc2ccc(CO)cc2)n(CC(F)(F)F)n1. The second-order valence-electron chi connectivity index (χ2n) is 4.50. The fraction of sp³-hybridized carbons (Fsp3) is 0.385. The van der Waals surface area contributed by atoms with Crippen LogP contribution >= 0.6 is 0 Å². The molecular weight excluding hydrogens is 271 g/mol. The van der Waals surface area contributed by atoms with Crippen molar-refractivity contribution >= 4 is 0 Å². The van der Waals surface area contributed by atoms with Gasteiger partial charge in [0.15, 0.2) is 0 Å². The Morgan fingerprint density at radius 2 is 1.75 bits per heavy atom. The molecule has 20 heavy (non-hydrogen) atoms. The molecule has 2 rings (SSSR count). The van der Waals surface area contributed by atoms with Gasteiger partial charge in [-0.25, -0.2) is 9.67 Å². The standard InChI is InChI=1S/C13H14F3N3O/c1-9-17-12(19(18-9)8-13(14,15)16)6-10-2-4-11(7-20)5-3-10/h2-5,20H,6-8H2,1H3. The van der Waals surface area contributed by atoms with Crippen molar-refractivity contribution in [1.29, 1.82) is 0 Å². The molecule has 0 aliphatic rings. The highest BCUT2D eigenvalue weighted by Crippen LogP contribution is 2.19. The zero-order valence-corrected chi connectivity index (χ0v) is 10.9. The fourth-order valence-electron chi connectivity index (χ4n) is 1.87. The summed E-state index contributed by atoms with van der Waals surface area (Å²) in [7, 11) is 0. The van der Waals surface area contributed by atoms with Gasteiger partial charge in [0.05, 0.1) is 6.61 Å². The number of alkyl halides is 3. The number of nitrogens with zero attached hydrogens (tertiary/aromatic N) is 3. The largest absolute Gasteiger partial charge is 0.408 e. The van der Waals surface area contributed by atoms with Gasteiger partial charge in [-0.1, -0.05) is 24.3 Å². The molecule has 0 saturated heterocycles. The molecule has 0 fully saturated rings. The Hall–Kier alpha value is -1.89. The molecule has 0 aliphatic carbocycles. The zero-order valence-electron chi connectivity index (χ0n) is 10.9.